The molecule has 2 rings (SSSR count). The van der Waals surface area contributed by atoms with Crippen molar-refractivity contribution < 1.29 is 24.5 Å². The number of esters is 1. The van der Waals surface area contributed by atoms with Gasteiger partial charge in [0, 0.05) is 24.9 Å². The van der Waals surface area contributed by atoms with E-state index in [0.29, 0.717) is 10.8 Å². The van der Waals surface area contributed by atoms with Crippen molar-refractivity contribution >= 4 is 22.6 Å². The summed E-state index contributed by atoms with van der Waals surface area (Å²) in [6.07, 6.45) is -0.990. The standard InChI is InChI=1S/C16H17NO5/c1-9(15(20)17(2)3)22-16(21)12-8-13(18)10-6-4-5-7-11(10)14(12)19/h4-9,18-19H,1-3H3/t9-/m1/s1. The molecule has 0 aliphatic heterocycles. The van der Waals surface area contributed by atoms with Gasteiger partial charge in [0.1, 0.15) is 17.1 Å². The third kappa shape index (κ3) is 2.81. The number of hydrogen-bond donors (Lipinski definition) is 2. The van der Waals surface area contributed by atoms with Crippen LogP contribution >= 0.6 is 0 Å². The van der Waals surface area contributed by atoms with Gasteiger partial charge >= 0.3 is 5.97 Å². The quantitative estimate of drug-likeness (QED) is 0.668. The van der Waals surface area contributed by atoms with Gasteiger partial charge in [-0.2, -0.15) is 0 Å². The molecular weight excluding hydrogens is 286 g/mol. The van der Waals surface area contributed by atoms with Crippen molar-refractivity contribution in [1.29, 1.82) is 0 Å². The molecule has 2 aromatic rings. The van der Waals surface area contributed by atoms with Gasteiger partial charge in [0.05, 0.1) is 0 Å². The normalized spacial score (nSPS) is 12.0. The Morgan fingerprint density at radius 2 is 1.73 bits per heavy atom. The molecule has 2 aromatic carbocycles. The van der Waals surface area contributed by atoms with E-state index in [1.165, 1.54) is 11.8 Å². The van der Waals surface area contributed by atoms with Gasteiger partial charge in [-0.1, -0.05) is 24.3 Å². The molecule has 1 atom stereocenters. The lowest BCUT2D eigenvalue weighted by Crippen LogP contribution is -2.34. The molecule has 6 heteroatoms. The number of ether oxygens (including phenoxy) is 1. The zero-order valence-corrected chi connectivity index (χ0v) is 12.5. The number of phenolic OH excluding ortho intramolecular Hbond substituents is 2. The summed E-state index contributed by atoms with van der Waals surface area (Å²) < 4.78 is 5.04. The minimum atomic E-state index is -0.990. The molecule has 0 saturated heterocycles. The van der Waals surface area contributed by atoms with Crippen molar-refractivity contribution in [2.75, 3.05) is 14.1 Å². The van der Waals surface area contributed by atoms with Crippen molar-refractivity contribution in [2.45, 2.75) is 13.0 Å². The van der Waals surface area contributed by atoms with Crippen LogP contribution in [-0.4, -0.2) is 47.2 Å². The number of likely N-dealkylation sites (N-methyl/N-ethyl adjacent to an activating group) is 1. The third-order valence-electron chi connectivity index (χ3n) is 3.29. The topological polar surface area (TPSA) is 87.1 Å². The van der Waals surface area contributed by atoms with Gasteiger partial charge in [0.25, 0.3) is 5.91 Å². The van der Waals surface area contributed by atoms with E-state index < -0.39 is 12.1 Å². The van der Waals surface area contributed by atoms with Crippen LogP contribution in [0.25, 0.3) is 10.8 Å². The molecule has 0 bridgehead atoms. The Bertz CT molecular complexity index is 739. The van der Waals surface area contributed by atoms with Crippen LogP contribution in [0.15, 0.2) is 30.3 Å². The maximum atomic E-state index is 12.1. The van der Waals surface area contributed by atoms with Crippen molar-refractivity contribution in [3.8, 4) is 11.5 Å². The van der Waals surface area contributed by atoms with Crippen LogP contribution in [-0.2, 0) is 9.53 Å². The first-order chi connectivity index (χ1) is 10.3. The molecule has 0 fully saturated rings. The van der Waals surface area contributed by atoms with E-state index in [2.05, 4.69) is 0 Å². The maximum Gasteiger partial charge on any atom is 0.342 e. The molecule has 1 amide bonds. The van der Waals surface area contributed by atoms with Crippen LogP contribution in [0.1, 0.15) is 17.3 Å². The second-order valence-corrected chi connectivity index (χ2v) is 5.12. The van der Waals surface area contributed by atoms with Gasteiger partial charge in [0.15, 0.2) is 6.10 Å². The van der Waals surface area contributed by atoms with Crippen molar-refractivity contribution in [1.82, 2.24) is 4.90 Å². The summed E-state index contributed by atoms with van der Waals surface area (Å²) in [5, 5.41) is 20.9. The van der Waals surface area contributed by atoms with Crippen LogP contribution in [0.4, 0.5) is 0 Å². The smallest absolute Gasteiger partial charge is 0.342 e. The van der Waals surface area contributed by atoms with E-state index in [1.807, 2.05) is 0 Å². The molecule has 116 valence electrons. The molecule has 0 aromatic heterocycles. The molecule has 0 saturated carbocycles. The molecule has 0 radical (unpaired) electrons. The SMILES string of the molecule is C[C@@H](OC(=O)c1cc(O)c2ccccc2c1O)C(=O)N(C)C. The van der Waals surface area contributed by atoms with Crippen LogP contribution < -0.4 is 0 Å². The van der Waals surface area contributed by atoms with E-state index >= 15 is 0 Å². The zero-order chi connectivity index (χ0) is 16.4. The first-order valence-corrected chi connectivity index (χ1v) is 6.68. The highest BCUT2D eigenvalue weighted by atomic mass is 16.5. The van der Waals surface area contributed by atoms with Crippen LogP contribution in [0.2, 0.25) is 0 Å². The van der Waals surface area contributed by atoms with Crippen molar-refractivity contribution in [2.24, 2.45) is 0 Å². The number of hydrogen-bond acceptors (Lipinski definition) is 5. The first kappa shape index (κ1) is 15.6. The summed E-state index contributed by atoms with van der Waals surface area (Å²) >= 11 is 0. The maximum absolute atomic E-state index is 12.1. The first-order valence-electron chi connectivity index (χ1n) is 6.68. The van der Waals surface area contributed by atoms with E-state index in [9.17, 15) is 19.8 Å². The largest absolute Gasteiger partial charge is 0.507 e. The lowest BCUT2D eigenvalue weighted by atomic mass is 10.0. The van der Waals surface area contributed by atoms with Gasteiger partial charge in [-0.25, -0.2) is 4.79 Å². The number of phenols is 2. The highest BCUT2D eigenvalue weighted by Crippen LogP contribution is 2.35. The molecule has 0 aliphatic rings. The van der Waals surface area contributed by atoms with Crippen LogP contribution in [0.5, 0.6) is 11.5 Å². The van der Waals surface area contributed by atoms with Gasteiger partial charge in [-0.15, -0.1) is 0 Å². The summed E-state index contributed by atoms with van der Waals surface area (Å²) in [6, 6.07) is 7.71. The third-order valence-corrected chi connectivity index (χ3v) is 3.29. The Kier molecular flexibility index (Phi) is 4.21. The number of carbonyl (C=O) groups excluding carboxylic acids is 2. The summed E-state index contributed by atoms with van der Waals surface area (Å²) in [5.41, 5.74) is -0.186. The minimum Gasteiger partial charge on any atom is -0.507 e. The highest BCUT2D eigenvalue weighted by molar-refractivity contribution is 6.04. The Hall–Kier alpha value is -2.76. The lowest BCUT2D eigenvalue weighted by Gasteiger charge is -2.18. The van der Waals surface area contributed by atoms with Crippen molar-refractivity contribution in [3.05, 3.63) is 35.9 Å². The molecule has 0 aliphatic carbocycles. The Morgan fingerprint density at radius 3 is 2.32 bits per heavy atom. The monoisotopic (exact) mass is 303 g/mol. The minimum absolute atomic E-state index is 0.146. The Morgan fingerprint density at radius 1 is 1.14 bits per heavy atom. The summed E-state index contributed by atoms with van der Waals surface area (Å²) in [4.78, 5) is 25.1. The van der Waals surface area contributed by atoms with Gasteiger partial charge in [-0.05, 0) is 13.0 Å². The average molecular weight is 303 g/mol. The number of amides is 1. The fraction of sp³-hybridized carbons (Fsp3) is 0.250. The Balaban J connectivity index is 2.37. The average Bonchev–Trinajstić information content (AvgIpc) is 2.49. The van der Waals surface area contributed by atoms with E-state index in [1.54, 1.807) is 38.4 Å². The molecular formula is C16H17NO5. The van der Waals surface area contributed by atoms with Gasteiger partial charge in [-0.3, -0.25) is 4.79 Å². The fourth-order valence-corrected chi connectivity index (χ4v) is 2.13. The van der Waals surface area contributed by atoms with E-state index in [0.717, 1.165) is 6.07 Å². The molecule has 22 heavy (non-hydrogen) atoms. The summed E-state index contributed by atoms with van der Waals surface area (Å²) in [6.45, 7) is 1.44. The lowest BCUT2D eigenvalue weighted by molar-refractivity contribution is -0.137. The number of benzene rings is 2. The van der Waals surface area contributed by atoms with Gasteiger partial charge in [0.2, 0.25) is 0 Å². The van der Waals surface area contributed by atoms with E-state index in [4.69, 9.17) is 4.74 Å². The molecule has 0 unspecified atom stereocenters. The number of carbonyl (C=O) groups is 2. The summed E-state index contributed by atoms with van der Waals surface area (Å²) in [5.74, 6) is -1.69. The predicted molar refractivity (Wildman–Crippen MR) is 80.8 cm³/mol. The Labute approximate surface area is 127 Å². The second-order valence-electron chi connectivity index (χ2n) is 5.12. The molecule has 6 nitrogen and oxygen atoms in total. The highest BCUT2D eigenvalue weighted by Gasteiger charge is 2.24. The number of nitrogens with zero attached hydrogens (tertiary/aromatic N) is 1. The number of aromatic hydroxyl groups is 2. The number of rotatable bonds is 3. The fourth-order valence-electron chi connectivity index (χ4n) is 2.13. The molecule has 0 heterocycles. The second kappa shape index (κ2) is 5.93. The van der Waals surface area contributed by atoms with Crippen LogP contribution in [0.3, 0.4) is 0 Å². The summed E-state index contributed by atoms with van der Waals surface area (Å²) in [7, 11) is 3.10. The van der Waals surface area contributed by atoms with Gasteiger partial charge < -0.3 is 19.8 Å². The van der Waals surface area contributed by atoms with Crippen LogP contribution in [0, 0.1) is 0 Å². The molecule has 2 N–H and O–H groups in total. The van der Waals surface area contributed by atoms with E-state index in [-0.39, 0.29) is 23.0 Å². The molecule has 0 spiro atoms. The number of fused-ring (bicyclic) bond motifs is 1. The van der Waals surface area contributed by atoms with Crippen molar-refractivity contribution in [3.63, 3.8) is 0 Å². The zero-order valence-electron chi connectivity index (χ0n) is 12.5. The predicted octanol–water partition coefficient (Wildman–Crippen LogP) is 1.88.